The Balaban J connectivity index is -0.000000500. The van der Waals surface area contributed by atoms with Crippen LogP contribution in [0.5, 0.6) is 0 Å². The van der Waals surface area contributed by atoms with Crippen LogP contribution in [0.25, 0.3) is 0 Å². The Morgan fingerprint density at radius 2 is 1.15 bits per heavy atom. The molecule has 0 spiro atoms. The zero-order valence-corrected chi connectivity index (χ0v) is 7.80. The van der Waals surface area contributed by atoms with Crippen molar-refractivity contribution in [2.45, 2.75) is 11.8 Å². The van der Waals surface area contributed by atoms with Gasteiger partial charge in [-0.15, -0.1) is 0 Å². The summed E-state index contributed by atoms with van der Waals surface area (Å²) in [5, 5.41) is 0. The number of hydrogen-bond acceptors (Lipinski definition) is 1. The normalized spacial score (nSPS) is 12.8. The monoisotopic (exact) mass is 270 g/mol. The molecule has 0 saturated heterocycles. The van der Waals surface area contributed by atoms with Gasteiger partial charge in [0.15, 0.2) is 0 Å². The average Bonchev–Trinajstić information content (AvgIpc) is 1.58. The minimum Gasteiger partial charge on any atom is -1.00 e. The lowest BCUT2D eigenvalue weighted by atomic mass is 10.7. The molecule has 0 aromatic heterocycles. The van der Waals surface area contributed by atoms with Gasteiger partial charge in [-0.2, -0.15) is 22.0 Å². The predicted octanol–water partition coefficient (Wildman–Crippen LogP) is -4.67. The summed E-state index contributed by atoms with van der Waals surface area (Å²) >= 11 is 0. The summed E-state index contributed by atoms with van der Waals surface area (Å²) in [5.41, 5.74) is -5.96. The Morgan fingerprint density at radius 3 is 1.15 bits per heavy atom. The minimum atomic E-state index is -6.45. The van der Waals surface area contributed by atoms with E-state index in [0.29, 0.717) is 0 Å². The first-order valence-corrected chi connectivity index (χ1v) is 3.61. The highest BCUT2D eigenvalue weighted by Crippen LogP contribution is 2.60. The lowest BCUT2D eigenvalue weighted by Gasteiger charge is -2.19. The van der Waals surface area contributed by atoms with Crippen molar-refractivity contribution in [3.05, 3.63) is 0 Å². The molecule has 0 aromatic carbocycles. The molecule has 0 unspecified atom stereocenters. The van der Waals surface area contributed by atoms with Gasteiger partial charge in [0, 0.05) is 0 Å². The molecule has 0 aliphatic carbocycles. The summed E-state index contributed by atoms with van der Waals surface area (Å²) in [6.45, 7) is 0. The van der Waals surface area contributed by atoms with Gasteiger partial charge in [-0.05, 0) is 0 Å². The van der Waals surface area contributed by atoms with E-state index < -0.39 is 19.4 Å². The second-order valence-corrected chi connectivity index (χ2v) is 3.23. The Bertz CT molecular complexity index is 198. The Morgan fingerprint density at radius 1 is 0.923 bits per heavy atom. The molecule has 3 nitrogen and oxygen atoms in total. The lowest BCUT2D eigenvalue weighted by molar-refractivity contribution is -0.248. The van der Waals surface area contributed by atoms with E-state index in [9.17, 15) is 26.5 Å². The number of hydrogen-bond donors (Lipinski definition) is 2. The third kappa shape index (κ3) is 3.95. The molecule has 0 aliphatic heterocycles. The van der Waals surface area contributed by atoms with Crippen LogP contribution in [0.4, 0.5) is 22.0 Å². The van der Waals surface area contributed by atoms with E-state index >= 15 is 0 Å². The van der Waals surface area contributed by atoms with Gasteiger partial charge in [-0.3, -0.25) is 4.57 Å². The summed E-state index contributed by atoms with van der Waals surface area (Å²) in [7, 11) is -6.45. The molecule has 0 aliphatic rings. The number of alkyl halides is 5. The molecule has 0 atom stereocenters. The van der Waals surface area contributed by atoms with Crippen molar-refractivity contribution in [3.8, 4) is 0 Å². The average molecular weight is 271 g/mol. The highest BCUT2D eigenvalue weighted by Gasteiger charge is 2.69. The highest BCUT2D eigenvalue weighted by molar-refractivity contribution is 7.53. The molecule has 0 aromatic rings. The molecule has 0 heterocycles. The van der Waals surface area contributed by atoms with Crippen LogP contribution in [0.15, 0.2) is 0 Å². The SMILES string of the molecule is O=P(O)(O)C(F)(F)C(F)(F)F.[Cl-].[Cl-]. The molecule has 84 valence electrons. The molecule has 0 fully saturated rings. The van der Waals surface area contributed by atoms with Crippen molar-refractivity contribution in [1.29, 1.82) is 0 Å². The molecule has 13 heavy (non-hydrogen) atoms. The molecule has 2 N–H and O–H groups in total. The van der Waals surface area contributed by atoms with Crippen LogP contribution in [0.3, 0.4) is 0 Å². The fourth-order valence-electron chi connectivity index (χ4n) is 0.165. The zero-order valence-electron chi connectivity index (χ0n) is 5.40. The minimum absolute atomic E-state index is 0. The van der Waals surface area contributed by atoms with Crippen molar-refractivity contribution in [2.24, 2.45) is 0 Å². The first kappa shape index (κ1) is 19.0. The van der Waals surface area contributed by atoms with E-state index in [0.717, 1.165) is 0 Å². The van der Waals surface area contributed by atoms with Crippen LogP contribution in [0.1, 0.15) is 0 Å². The molecule has 0 rings (SSSR count). The molecular weight excluding hydrogens is 269 g/mol. The van der Waals surface area contributed by atoms with Crippen LogP contribution in [-0.2, 0) is 4.57 Å². The van der Waals surface area contributed by atoms with Gasteiger partial charge < -0.3 is 34.6 Å². The maximum Gasteiger partial charge on any atom is 0.466 e. The van der Waals surface area contributed by atoms with Crippen molar-refractivity contribution < 1.29 is 61.1 Å². The largest absolute Gasteiger partial charge is 1.00 e. The van der Waals surface area contributed by atoms with Crippen molar-refractivity contribution in [2.75, 3.05) is 0 Å². The van der Waals surface area contributed by atoms with Gasteiger partial charge >= 0.3 is 19.4 Å². The zero-order chi connectivity index (χ0) is 9.50. The standard InChI is InChI=1S/C2H2F5O3P.2ClH/c3-1(4,5)2(6,7)11(8,9)10;;/h(H2,8,9,10);2*1H/p-2. The number of rotatable bonds is 1. The van der Waals surface area contributed by atoms with Crippen LogP contribution in [0, 0.1) is 0 Å². The van der Waals surface area contributed by atoms with E-state index in [1.807, 2.05) is 0 Å². The van der Waals surface area contributed by atoms with Gasteiger partial charge in [0.1, 0.15) is 0 Å². The summed E-state index contributed by atoms with van der Waals surface area (Å²) in [6, 6.07) is 0. The topological polar surface area (TPSA) is 57.5 Å². The van der Waals surface area contributed by atoms with Crippen LogP contribution in [-0.4, -0.2) is 21.6 Å². The molecule has 0 amide bonds. The maximum absolute atomic E-state index is 11.5. The first-order valence-electron chi connectivity index (χ1n) is 2.00. The van der Waals surface area contributed by atoms with Gasteiger partial charge in [0.2, 0.25) is 0 Å². The van der Waals surface area contributed by atoms with Gasteiger partial charge in [0.05, 0.1) is 0 Å². The second-order valence-electron chi connectivity index (χ2n) is 1.58. The summed E-state index contributed by atoms with van der Waals surface area (Å²) in [5.74, 6) is 0. The Hall–Kier alpha value is 0.380. The lowest BCUT2D eigenvalue weighted by Crippen LogP contribution is -3.00. The summed E-state index contributed by atoms with van der Waals surface area (Å²) in [6.07, 6.45) is -6.22. The second kappa shape index (κ2) is 4.75. The van der Waals surface area contributed by atoms with E-state index in [1.165, 1.54) is 0 Å². The predicted molar refractivity (Wildman–Crippen MR) is 23.0 cm³/mol. The Kier molecular flexibility index (Phi) is 6.95. The fraction of sp³-hybridized carbons (Fsp3) is 1.00. The summed E-state index contributed by atoms with van der Waals surface area (Å²) < 4.78 is 65.9. The van der Waals surface area contributed by atoms with Gasteiger partial charge in [0.25, 0.3) is 0 Å². The van der Waals surface area contributed by atoms with E-state index in [-0.39, 0.29) is 24.8 Å². The molecule has 0 saturated carbocycles. The van der Waals surface area contributed by atoms with E-state index in [4.69, 9.17) is 9.79 Å². The van der Waals surface area contributed by atoms with Gasteiger partial charge in [-0.1, -0.05) is 0 Å². The van der Waals surface area contributed by atoms with E-state index in [2.05, 4.69) is 0 Å². The van der Waals surface area contributed by atoms with E-state index in [1.54, 1.807) is 0 Å². The van der Waals surface area contributed by atoms with Crippen molar-refractivity contribution in [1.82, 2.24) is 0 Å². The highest BCUT2D eigenvalue weighted by atomic mass is 35.5. The smallest absolute Gasteiger partial charge is 0.466 e. The fourth-order valence-corrected chi connectivity index (χ4v) is 0.495. The summed E-state index contributed by atoms with van der Waals surface area (Å²) in [4.78, 5) is 15.0. The molecular formula is C2H2Cl2F5O3P-2. The molecule has 0 bridgehead atoms. The number of halogens is 7. The van der Waals surface area contributed by atoms with Crippen LogP contribution in [0.2, 0.25) is 0 Å². The molecule has 11 heteroatoms. The first-order chi connectivity index (χ1) is 4.50. The molecule has 0 radical (unpaired) electrons. The maximum atomic E-state index is 11.5. The van der Waals surface area contributed by atoms with Crippen LogP contribution < -0.4 is 24.8 Å². The quantitative estimate of drug-likeness (QED) is 0.372. The third-order valence-electron chi connectivity index (χ3n) is 0.707. The van der Waals surface area contributed by atoms with Crippen molar-refractivity contribution >= 4 is 7.60 Å². The third-order valence-corrected chi connectivity index (χ3v) is 1.69. The Labute approximate surface area is 81.3 Å². The van der Waals surface area contributed by atoms with Gasteiger partial charge in [-0.25, -0.2) is 0 Å². The van der Waals surface area contributed by atoms with Crippen molar-refractivity contribution in [3.63, 3.8) is 0 Å². The van der Waals surface area contributed by atoms with Crippen LogP contribution >= 0.6 is 7.60 Å².